The fourth-order valence-electron chi connectivity index (χ4n) is 3.25. The average molecular weight is 351 g/mol. The second-order valence-electron chi connectivity index (χ2n) is 6.34. The van der Waals surface area contributed by atoms with Gasteiger partial charge in [0.15, 0.2) is 0 Å². The molecule has 2 aromatic heterocycles. The third-order valence-electron chi connectivity index (χ3n) is 4.74. The molecule has 1 aliphatic heterocycles. The minimum Gasteiger partial charge on any atom is -0.385 e. The van der Waals surface area contributed by atoms with Crippen molar-refractivity contribution in [1.82, 2.24) is 14.5 Å². The van der Waals surface area contributed by atoms with Gasteiger partial charge < -0.3 is 14.6 Å². The number of aliphatic hydroxyl groups is 1. The number of nitrogens with zero attached hydrogens (tertiary/aromatic N) is 3. The maximum absolute atomic E-state index is 12.9. The molecule has 3 rings (SSSR count). The average Bonchev–Trinajstić information content (AvgIpc) is 2.55. The van der Waals surface area contributed by atoms with Gasteiger partial charge in [-0.3, -0.25) is 9.59 Å². The number of amides is 1. The second-order valence-corrected chi connectivity index (χ2v) is 6.69. The van der Waals surface area contributed by atoms with Crippen molar-refractivity contribution in [2.24, 2.45) is 7.05 Å². The lowest BCUT2D eigenvalue weighted by Gasteiger charge is -2.38. The second kappa shape index (κ2) is 5.86. The van der Waals surface area contributed by atoms with Gasteiger partial charge in [0.25, 0.3) is 5.56 Å². The van der Waals surface area contributed by atoms with Crippen LogP contribution in [-0.4, -0.2) is 38.6 Å². The Labute approximate surface area is 146 Å². The molecule has 0 aromatic carbocycles. The third-order valence-corrected chi connectivity index (χ3v) is 5.03. The molecule has 1 saturated heterocycles. The molecule has 0 bridgehead atoms. The van der Waals surface area contributed by atoms with E-state index in [-0.39, 0.29) is 41.1 Å². The van der Waals surface area contributed by atoms with Crippen LogP contribution in [0.2, 0.25) is 5.15 Å². The smallest absolute Gasteiger partial charge is 0.256 e. The van der Waals surface area contributed by atoms with Gasteiger partial charge in [0.2, 0.25) is 5.91 Å². The Morgan fingerprint density at radius 3 is 2.67 bits per heavy atom. The van der Waals surface area contributed by atoms with E-state index in [1.807, 2.05) is 0 Å². The standard InChI is InChI=1S/C17H20ClN3O3/c1-10-8-14-12(15(18)19-10)9-13(16(23)20(14)3)17(24)4-6-21(7-5-17)11(2)22/h8-9,24H,4-7H2,1-3H3/i8D. The van der Waals surface area contributed by atoms with Gasteiger partial charge in [-0.2, -0.15) is 0 Å². The van der Waals surface area contributed by atoms with Crippen LogP contribution in [-0.2, 0) is 17.4 Å². The highest BCUT2D eigenvalue weighted by atomic mass is 35.5. The normalized spacial score (nSPS) is 17.9. The van der Waals surface area contributed by atoms with E-state index in [2.05, 4.69) is 4.98 Å². The van der Waals surface area contributed by atoms with Gasteiger partial charge >= 0.3 is 0 Å². The van der Waals surface area contributed by atoms with Gasteiger partial charge in [0.05, 0.1) is 12.5 Å². The first kappa shape index (κ1) is 15.6. The van der Waals surface area contributed by atoms with Gasteiger partial charge in [0, 0.05) is 43.7 Å². The summed E-state index contributed by atoms with van der Waals surface area (Å²) < 4.78 is 9.52. The van der Waals surface area contributed by atoms with Crippen molar-refractivity contribution in [2.45, 2.75) is 32.3 Å². The molecule has 6 nitrogen and oxygen atoms in total. The Morgan fingerprint density at radius 2 is 2.08 bits per heavy atom. The van der Waals surface area contributed by atoms with E-state index in [0.29, 0.717) is 29.7 Å². The molecule has 0 unspecified atom stereocenters. The van der Waals surface area contributed by atoms with Crippen LogP contribution < -0.4 is 5.56 Å². The third kappa shape index (κ3) is 2.70. The number of hydrogen-bond donors (Lipinski definition) is 1. The van der Waals surface area contributed by atoms with E-state index < -0.39 is 5.60 Å². The van der Waals surface area contributed by atoms with Crippen molar-refractivity contribution >= 4 is 28.4 Å². The minimum absolute atomic E-state index is 0.0463. The lowest BCUT2D eigenvalue weighted by molar-refractivity contribution is -0.133. The molecule has 0 aliphatic carbocycles. The molecule has 1 fully saturated rings. The maximum Gasteiger partial charge on any atom is 0.256 e. The van der Waals surface area contributed by atoms with Crippen LogP contribution in [0.5, 0.6) is 0 Å². The Hall–Kier alpha value is -1.92. The van der Waals surface area contributed by atoms with E-state index in [4.69, 9.17) is 13.0 Å². The zero-order chi connectivity index (χ0) is 18.5. The molecule has 24 heavy (non-hydrogen) atoms. The largest absolute Gasteiger partial charge is 0.385 e. The lowest BCUT2D eigenvalue weighted by atomic mass is 9.84. The molecule has 1 aliphatic rings. The number of pyridine rings is 2. The lowest BCUT2D eigenvalue weighted by Crippen LogP contribution is -2.47. The summed E-state index contributed by atoms with van der Waals surface area (Å²) in [6.07, 6.45) is 0.552. The van der Waals surface area contributed by atoms with Crippen molar-refractivity contribution in [2.75, 3.05) is 13.1 Å². The summed E-state index contributed by atoms with van der Waals surface area (Å²) in [4.78, 5) is 30.1. The predicted octanol–water partition coefficient (Wildman–Crippen LogP) is 1.73. The van der Waals surface area contributed by atoms with E-state index in [9.17, 15) is 14.7 Å². The molecule has 128 valence electrons. The van der Waals surface area contributed by atoms with Crippen LogP contribution in [0.4, 0.5) is 0 Å². The van der Waals surface area contributed by atoms with Crippen molar-refractivity contribution in [1.29, 1.82) is 0 Å². The molecule has 0 radical (unpaired) electrons. The highest BCUT2D eigenvalue weighted by Crippen LogP contribution is 2.33. The number of hydrogen-bond acceptors (Lipinski definition) is 4. The number of likely N-dealkylation sites (tertiary alicyclic amines) is 1. The molecular weight excluding hydrogens is 330 g/mol. The fraction of sp³-hybridized carbons (Fsp3) is 0.471. The highest BCUT2D eigenvalue weighted by Gasteiger charge is 2.37. The van der Waals surface area contributed by atoms with Crippen LogP contribution in [0.1, 0.15) is 32.4 Å². The number of piperidine rings is 1. The highest BCUT2D eigenvalue weighted by molar-refractivity contribution is 6.34. The van der Waals surface area contributed by atoms with E-state index >= 15 is 0 Å². The van der Waals surface area contributed by atoms with Crippen LogP contribution in [0.15, 0.2) is 16.9 Å². The first-order chi connectivity index (χ1) is 11.7. The van der Waals surface area contributed by atoms with Gasteiger partial charge in [0.1, 0.15) is 5.15 Å². The van der Waals surface area contributed by atoms with Crippen LogP contribution in [0.25, 0.3) is 10.9 Å². The summed E-state index contributed by atoms with van der Waals surface area (Å²) >= 11 is 6.24. The summed E-state index contributed by atoms with van der Waals surface area (Å²) in [5.41, 5.74) is -0.616. The molecule has 1 N–H and O–H groups in total. The van der Waals surface area contributed by atoms with Crippen LogP contribution in [0, 0.1) is 6.92 Å². The minimum atomic E-state index is -1.33. The van der Waals surface area contributed by atoms with Crippen molar-refractivity contribution in [3.8, 4) is 0 Å². The monoisotopic (exact) mass is 350 g/mol. The summed E-state index contributed by atoms with van der Waals surface area (Å²) in [5, 5.41) is 11.7. The molecule has 7 heteroatoms. The molecule has 0 saturated carbocycles. The summed E-state index contributed by atoms with van der Waals surface area (Å²) in [6, 6.07) is 1.69. The SMILES string of the molecule is [2H]c1c(C)nc(Cl)c2cc(C3(O)CCN(C(C)=O)CC3)c(=O)n(C)c12. The van der Waals surface area contributed by atoms with Gasteiger partial charge in [-0.05, 0) is 31.9 Å². The van der Waals surface area contributed by atoms with Gasteiger partial charge in [-0.15, -0.1) is 0 Å². The summed E-state index contributed by atoms with van der Waals surface area (Å²) in [7, 11) is 1.57. The van der Waals surface area contributed by atoms with E-state index in [0.717, 1.165) is 0 Å². The molecule has 0 atom stereocenters. The van der Waals surface area contributed by atoms with Gasteiger partial charge in [-0.25, -0.2) is 4.98 Å². The Bertz CT molecular complexity index is 933. The first-order valence-corrected chi connectivity index (χ1v) is 8.18. The summed E-state index contributed by atoms with van der Waals surface area (Å²) in [6.45, 7) is 3.92. The number of aryl methyl sites for hydroxylation is 2. The molecule has 1 amide bonds. The molecule has 0 spiro atoms. The molecule has 3 heterocycles. The molecule has 2 aromatic rings. The quantitative estimate of drug-likeness (QED) is 0.795. The van der Waals surface area contributed by atoms with Crippen molar-refractivity contribution in [3.05, 3.63) is 38.9 Å². The van der Waals surface area contributed by atoms with Crippen molar-refractivity contribution < 1.29 is 11.3 Å². The number of halogens is 1. The Morgan fingerprint density at radius 1 is 1.46 bits per heavy atom. The molecular formula is C17H20ClN3O3. The fourth-order valence-corrected chi connectivity index (χ4v) is 3.52. The number of aromatic nitrogens is 2. The maximum atomic E-state index is 12.9. The van der Waals surface area contributed by atoms with Crippen LogP contribution in [0.3, 0.4) is 0 Å². The van der Waals surface area contributed by atoms with Crippen molar-refractivity contribution in [3.63, 3.8) is 0 Å². The van der Waals surface area contributed by atoms with Gasteiger partial charge in [-0.1, -0.05) is 11.6 Å². The predicted molar refractivity (Wildman–Crippen MR) is 92.1 cm³/mol. The number of carbonyl (C=O) groups excluding carboxylic acids is 1. The van der Waals surface area contributed by atoms with E-state index in [1.54, 1.807) is 24.9 Å². The zero-order valence-corrected chi connectivity index (χ0v) is 14.6. The number of rotatable bonds is 1. The summed E-state index contributed by atoms with van der Waals surface area (Å²) in [5.74, 6) is -0.0463. The van der Waals surface area contributed by atoms with Crippen LogP contribution >= 0.6 is 11.6 Å². The number of carbonyl (C=O) groups is 1. The van der Waals surface area contributed by atoms with E-state index in [1.165, 1.54) is 11.5 Å². The Balaban J connectivity index is 2.17. The zero-order valence-electron chi connectivity index (χ0n) is 14.9. The number of fused-ring (bicyclic) bond motifs is 1. The first-order valence-electron chi connectivity index (χ1n) is 8.30. The topological polar surface area (TPSA) is 75.4 Å². The Kier molecular flexibility index (Phi) is 3.81.